The van der Waals surface area contributed by atoms with Crippen molar-refractivity contribution in [2.24, 2.45) is 11.8 Å². The van der Waals surface area contributed by atoms with Gasteiger partial charge in [0.1, 0.15) is 5.82 Å². The minimum atomic E-state index is -0.241. The summed E-state index contributed by atoms with van der Waals surface area (Å²) in [6.45, 7) is 3.17. The molecule has 118 valence electrons. The minimum absolute atomic E-state index is 0.216. The summed E-state index contributed by atoms with van der Waals surface area (Å²) in [5.41, 5.74) is 0.796. The molecule has 1 fully saturated rings. The zero-order valence-electron chi connectivity index (χ0n) is 12.8. The van der Waals surface area contributed by atoms with Crippen LogP contribution >= 0.6 is 27.5 Å². The van der Waals surface area contributed by atoms with Crippen LogP contribution in [0, 0.1) is 17.7 Å². The predicted molar refractivity (Wildman–Crippen MR) is 91.5 cm³/mol. The Bertz CT molecular complexity index is 480. The third-order valence-corrected chi connectivity index (χ3v) is 5.99. The van der Waals surface area contributed by atoms with Crippen LogP contribution in [0.3, 0.4) is 0 Å². The average molecular weight is 377 g/mol. The Morgan fingerprint density at radius 2 is 2.14 bits per heavy atom. The van der Waals surface area contributed by atoms with Crippen LogP contribution in [0.5, 0.6) is 0 Å². The molecule has 0 radical (unpaired) electrons. The average Bonchev–Trinajstić information content (AvgIpc) is 2.47. The van der Waals surface area contributed by atoms with E-state index in [-0.39, 0.29) is 16.8 Å². The van der Waals surface area contributed by atoms with Gasteiger partial charge in [-0.2, -0.15) is 0 Å². The van der Waals surface area contributed by atoms with E-state index in [1.54, 1.807) is 0 Å². The van der Waals surface area contributed by atoms with Gasteiger partial charge in [-0.15, -0.1) is 0 Å². The zero-order chi connectivity index (χ0) is 15.4. The molecule has 1 N–H and O–H groups in total. The van der Waals surface area contributed by atoms with Gasteiger partial charge in [-0.25, -0.2) is 4.39 Å². The summed E-state index contributed by atoms with van der Waals surface area (Å²) in [7, 11) is 1.97. The highest BCUT2D eigenvalue weighted by molar-refractivity contribution is 9.10. The van der Waals surface area contributed by atoms with Crippen molar-refractivity contribution in [1.29, 1.82) is 0 Å². The third-order valence-electron chi connectivity index (χ3n) is 4.73. The van der Waals surface area contributed by atoms with Gasteiger partial charge in [0.25, 0.3) is 0 Å². The molecule has 21 heavy (non-hydrogen) atoms. The van der Waals surface area contributed by atoms with Crippen LogP contribution in [-0.2, 0) is 0 Å². The first kappa shape index (κ1) is 17.2. The first-order chi connectivity index (χ1) is 10.1. The minimum Gasteiger partial charge on any atom is -0.319 e. The normalized spacial score (nSPS) is 26.0. The summed E-state index contributed by atoms with van der Waals surface area (Å²) in [5, 5.41) is 3.48. The standard InChI is InChI=1S/C17H24BrClFN/c1-3-4-11-5-6-12(10-21-2)14(9-11)13-7-8-15(18)16(19)17(13)20/h7-8,11-12,14,21H,3-6,9-10H2,1-2H3. The van der Waals surface area contributed by atoms with Gasteiger partial charge in [0.2, 0.25) is 0 Å². The van der Waals surface area contributed by atoms with Crippen molar-refractivity contribution in [1.82, 2.24) is 5.32 Å². The Hall–Kier alpha value is -0.120. The van der Waals surface area contributed by atoms with Gasteiger partial charge < -0.3 is 5.32 Å². The molecule has 4 heteroatoms. The van der Waals surface area contributed by atoms with Gasteiger partial charge in [-0.1, -0.05) is 43.9 Å². The molecule has 1 aromatic carbocycles. The van der Waals surface area contributed by atoms with Crippen LogP contribution < -0.4 is 5.32 Å². The first-order valence-electron chi connectivity index (χ1n) is 7.86. The Kier molecular flexibility index (Phi) is 6.51. The van der Waals surface area contributed by atoms with Crippen LogP contribution in [0.1, 0.15) is 50.5 Å². The summed E-state index contributed by atoms with van der Waals surface area (Å²) in [6.07, 6.45) is 5.97. The van der Waals surface area contributed by atoms with Crippen molar-refractivity contribution in [2.75, 3.05) is 13.6 Å². The highest BCUT2D eigenvalue weighted by Gasteiger charge is 2.33. The number of benzene rings is 1. The first-order valence-corrected chi connectivity index (χ1v) is 9.03. The number of rotatable bonds is 5. The Labute approximate surface area is 140 Å². The number of halogens is 3. The fourth-order valence-electron chi connectivity index (χ4n) is 3.71. The molecule has 1 nitrogen and oxygen atoms in total. The summed E-state index contributed by atoms with van der Waals surface area (Å²) in [6, 6.07) is 3.79. The maximum absolute atomic E-state index is 14.6. The molecule has 3 unspecified atom stereocenters. The molecule has 3 atom stereocenters. The lowest BCUT2D eigenvalue weighted by atomic mass is 9.70. The summed E-state index contributed by atoms with van der Waals surface area (Å²) in [4.78, 5) is 0. The molecular weight excluding hydrogens is 353 g/mol. The molecular formula is C17H24BrClFN. The van der Waals surface area contributed by atoms with Crippen LogP contribution in [0.15, 0.2) is 16.6 Å². The van der Waals surface area contributed by atoms with E-state index in [9.17, 15) is 4.39 Å². The second-order valence-electron chi connectivity index (χ2n) is 6.16. The molecule has 0 bridgehead atoms. The smallest absolute Gasteiger partial charge is 0.146 e. The van der Waals surface area contributed by atoms with Crippen molar-refractivity contribution >= 4 is 27.5 Å². The summed E-state index contributed by atoms with van der Waals surface area (Å²) < 4.78 is 15.2. The summed E-state index contributed by atoms with van der Waals surface area (Å²) in [5.74, 6) is 1.24. The Balaban J connectivity index is 2.28. The van der Waals surface area contributed by atoms with E-state index < -0.39 is 0 Å². The number of hydrogen-bond donors (Lipinski definition) is 1. The molecule has 1 aromatic rings. The molecule has 0 heterocycles. The molecule has 1 aliphatic rings. The van der Waals surface area contributed by atoms with Gasteiger partial charge in [0.05, 0.1) is 5.02 Å². The summed E-state index contributed by atoms with van der Waals surface area (Å²) >= 11 is 9.39. The van der Waals surface area contributed by atoms with Gasteiger partial charge >= 0.3 is 0 Å². The zero-order valence-corrected chi connectivity index (χ0v) is 15.1. The lowest BCUT2D eigenvalue weighted by Gasteiger charge is -2.37. The van der Waals surface area contributed by atoms with Gasteiger partial charge in [-0.05, 0) is 71.7 Å². The van der Waals surface area contributed by atoms with Crippen LogP contribution in [0.25, 0.3) is 0 Å². The second kappa shape index (κ2) is 7.94. The molecule has 2 rings (SSSR count). The van der Waals surface area contributed by atoms with Crippen molar-refractivity contribution in [3.63, 3.8) is 0 Å². The SMILES string of the molecule is CCCC1CCC(CNC)C(c2ccc(Br)c(Cl)c2F)C1. The fraction of sp³-hybridized carbons (Fsp3) is 0.647. The predicted octanol–water partition coefficient (Wildman–Crippen LogP) is 5.76. The van der Waals surface area contributed by atoms with Crippen molar-refractivity contribution in [3.8, 4) is 0 Å². The maximum Gasteiger partial charge on any atom is 0.146 e. The van der Waals surface area contributed by atoms with Crippen LogP contribution in [0.4, 0.5) is 4.39 Å². The largest absolute Gasteiger partial charge is 0.319 e. The second-order valence-corrected chi connectivity index (χ2v) is 7.39. The topological polar surface area (TPSA) is 12.0 Å². The van der Waals surface area contributed by atoms with Crippen LogP contribution in [-0.4, -0.2) is 13.6 Å². The molecule has 1 aliphatic carbocycles. The number of nitrogens with one attached hydrogen (secondary N) is 1. The van der Waals surface area contributed by atoms with E-state index in [0.29, 0.717) is 10.4 Å². The van der Waals surface area contributed by atoms with E-state index in [2.05, 4.69) is 28.2 Å². The fourth-order valence-corrected chi connectivity index (χ4v) is 4.18. The molecule has 0 aliphatic heterocycles. The van der Waals surface area contributed by atoms with E-state index in [1.165, 1.54) is 25.7 Å². The highest BCUT2D eigenvalue weighted by Crippen LogP contribution is 2.44. The van der Waals surface area contributed by atoms with E-state index in [0.717, 1.165) is 24.4 Å². The monoisotopic (exact) mass is 375 g/mol. The lowest BCUT2D eigenvalue weighted by molar-refractivity contribution is 0.219. The van der Waals surface area contributed by atoms with E-state index >= 15 is 0 Å². The molecule has 0 saturated heterocycles. The lowest BCUT2D eigenvalue weighted by Crippen LogP contribution is -2.31. The van der Waals surface area contributed by atoms with E-state index in [1.807, 2.05) is 19.2 Å². The molecule has 0 spiro atoms. The molecule has 1 saturated carbocycles. The molecule has 0 aromatic heterocycles. The Morgan fingerprint density at radius 1 is 1.38 bits per heavy atom. The van der Waals surface area contributed by atoms with Crippen molar-refractivity contribution < 1.29 is 4.39 Å². The van der Waals surface area contributed by atoms with Gasteiger partial charge in [0.15, 0.2) is 0 Å². The Morgan fingerprint density at radius 3 is 2.81 bits per heavy atom. The van der Waals surface area contributed by atoms with Crippen LogP contribution in [0.2, 0.25) is 5.02 Å². The van der Waals surface area contributed by atoms with Gasteiger partial charge in [-0.3, -0.25) is 0 Å². The third kappa shape index (κ3) is 4.00. The van der Waals surface area contributed by atoms with Crippen molar-refractivity contribution in [3.05, 3.63) is 33.0 Å². The number of hydrogen-bond acceptors (Lipinski definition) is 1. The van der Waals surface area contributed by atoms with Crippen molar-refractivity contribution in [2.45, 2.75) is 44.9 Å². The van der Waals surface area contributed by atoms with E-state index in [4.69, 9.17) is 11.6 Å². The molecule has 0 amide bonds. The van der Waals surface area contributed by atoms with Gasteiger partial charge in [0, 0.05) is 4.47 Å². The quantitative estimate of drug-likeness (QED) is 0.644. The highest BCUT2D eigenvalue weighted by atomic mass is 79.9. The maximum atomic E-state index is 14.6.